The molecule has 0 spiro atoms. The van der Waals surface area contributed by atoms with Crippen molar-refractivity contribution in [2.75, 3.05) is 0 Å². The molecule has 11 nitrogen and oxygen atoms in total. The second-order valence-electron chi connectivity index (χ2n) is 7.22. The normalized spacial score (nSPS) is 25.5. The second kappa shape index (κ2) is 8.13. The zero-order valence-corrected chi connectivity index (χ0v) is 16.2. The van der Waals surface area contributed by atoms with E-state index in [2.05, 4.69) is 0 Å². The number of fused-ring (bicyclic) bond motifs is 1. The average molecular weight is 447 g/mol. The molecule has 0 radical (unpaired) electrons. The molecule has 0 aliphatic carbocycles. The van der Waals surface area contributed by atoms with E-state index >= 15 is 0 Å². The number of hydrogen-bond acceptors (Lipinski definition) is 9. The van der Waals surface area contributed by atoms with Gasteiger partial charge in [0.25, 0.3) is 0 Å². The number of aliphatic hydroxyl groups is 3. The SMILES string of the molecule is O=C(O)[C@H]1O[C@@H](Oc2cc3c(O)cc(O)cc3[o+]c2-c2ccc(O)cc2)[C@H](O)[C@@H](O)[C@@H]1O. The molecule has 32 heavy (non-hydrogen) atoms. The predicted octanol–water partition coefficient (Wildman–Crippen LogP) is 0.769. The van der Waals surface area contributed by atoms with Gasteiger partial charge in [-0.05, 0) is 24.3 Å². The first-order valence-corrected chi connectivity index (χ1v) is 9.37. The smallest absolute Gasteiger partial charge is 0.402 e. The molecule has 3 aromatic rings. The van der Waals surface area contributed by atoms with Crippen molar-refractivity contribution in [3.05, 3.63) is 42.5 Å². The Kier molecular flexibility index (Phi) is 5.48. The highest BCUT2D eigenvalue weighted by Crippen LogP contribution is 2.40. The number of carboxylic acid groups (broad SMARTS) is 1. The minimum absolute atomic E-state index is 0.0192. The molecule has 1 aliphatic heterocycles. The molecule has 1 saturated heterocycles. The molecule has 4 rings (SSSR count). The molecular formula is C21H19O11+. The van der Waals surface area contributed by atoms with Crippen LogP contribution in [-0.4, -0.2) is 72.4 Å². The summed E-state index contributed by atoms with van der Waals surface area (Å²) in [6, 6.07) is 9.30. The summed E-state index contributed by atoms with van der Waals surface area (Å²) in [5.41, 5.74) is 0.449. The lowest BCUT2D eigenvalue weighted by molar-refractivity contribution is -0.271. The molecule has 2 aromatic carbocycles. The second-order valence-corrected chi connectivity index (χ2v) is 7.22. The maximum atomic E-state index is 11.4. The number of hydrogen-bond donors (Lipinski definition) is 7. The molecule has 11 heteroatoms. The Morgan fingerprint density at radius 3 is 2.25 bits per heavy atom. The van der Waals surface area contributed by atoms with Crippen molar-refractivity contribution in [3.63, 3.8) is 0 Å². The number of phenolic OH excluding ortho intramolecular Hbond substituents is 3. The Balaban J connectivity index is 1.82. The van der Waals surface area contributed by atoms with Gasteiger partial charge in [0.2, 0.25) is 12.0 Å². The standard InChI is InChI=1S/C21H18O11/c22-9-3-1-8(2-4-9)18-14(7-11-12(24)5-10(23)6-13(11)30-18)31-21-17(27)15(25)16(26)19(32-21)20(28)29/h1-7,15-17,19,21,25-27H,(H3-,22,23,24,28,29)/p+1/t15-,16-,17+,19-,21+/m0/s1. The summed E-state index contributed by atoms with van der Waals surface area (Å²) in [5, 5.41) is 69.0. The van der Waals surface area contributed by atoms with Gasteiger partial charge in [0.1, 0.15) is 40.9 Å². The summed E-state index contributed by atoms with van der Waals surface area (Å²) < 4.78 is 16.6. The number of aliphatic carboxylic acids is 1. The van der Waals surface area contributed by atoms with Gasteiger partial charge in [-0.3, -0.25) is 0 Å². The monoisotopic (exact) mass is 447 g/mol. The molecule has 0 saturated carbocycles. The van der Waals surface area contributed by atoms with E-state index in [1.54, 1.807) is 0 Å². The first kappa shape index (κ1) is 21.6. The van der Waals surface area contributed by atoms with E-state index in [4.69, 9.17) is 13.9 Å². The zero-order valence-electron chi connectivity index (χ0n) is 16.2. The van der Waals surface area contributed by atoms with Crippen molar-refractivity contribution in [2.24, 2.45) is 0 Å². The Hall–Kier alpha value is -3.64. The van der Waals surface area contributed by atoms with Gasteiger partial charge in [-0.15, -0.1) is 0 Å². The van der Waals surface area contributed by atoms with Gasteiger partial charge in [0, 0.05) is 12.1 Å². The fourth-order valence-corrected chi connectivity index (χ4v) is 3.36. The molecule has 0 amide bonds. The van der Waals surface area contributed by atoms with Crippen LogP contribution in [0.4, 0.5) is 0 Å². The Bertz CT molecular complexity index is 1160. The summed E-state index contributed by atoms with van der Waals surface area (Å²) in [4.78, 5) is 11.4. The predicted molar refractivity (Wildman–Crippen MR) is 106 cm³/mol. The largest absolute Gasteiger partial charge is 0.508 e. The first-order valence-electron chi connectivity index (χ1n) is 9.37. The third-order valence-electron chi connectivity index (χ3n) is 5.00. The van der Waals surface area contributed by atoms with E-state index in [9.17, 15) is 40.5 Å². The van der Waals surface area contributed by atoms with Gasteiger partial charge in [0.05, 0.1) is 11.6 Å². The van der Waals surface area contributed by atoms with Gasteiger partial charge in [-0.1, -0.05) is 0 Å². The minimum Gasteiger partial charge on any atom is -0.508 e. The number of rotatable bonds is 4. The lowest BCUT2D eigenvalue weighted by Crippen LogP contribution is -2.61. The van der Waals surface area contributed by atoms with Crippen LogP contribution in [0.25, 0.3) is 22.3 Å². The maximum absolute atomic E-state index is 11.4. The van der Waals surface area contributed by atoms with Crippen molar-refractivity contribution >= 4 is 16.9 Å². The van der Waals surface area contributed by atoms with Crippen LogP contribution in [-0.2, 0) is 9.53 Å². The summed E-state index contributed by atoms with van der Waals surface area (Å²) >= 11 is 0. The van der Waals surface area contributed by atoms with Crippen LogP contribution in [0.2, 0.25) is 0 Å². The van der Waals surface area contributed by atoms with Crippen molar-refractivity contribution in [1.82, 2.24) is 0 Å². The van der Waals surface area contributed by atoms with Crippen molar-refractivity contribution in [1.29, 1.82) is 0 Å². The molecule has 2 heterocycles. The molecule has 168 valence electrons. The summed E-state index contributed by atoms with van der Waals surface area (Å²) in [6.45, 7) is 0. The fraction of sp³-hybridized carbons (Fsp3) is 0.238. The minimum atomic E-state index is -1.90. The van der Waals surface area contributed by atoms with Crippen molar-refractivity contribution in [3.8, 4) is 34.3 Å². The maximum Gasteiger partial charge on any atom is 0.402 e. The first-order chi connectivity index (χ1) is 15.2. The van der Waals surface area contributed by atoms with Crippen LogP contribution < -0.4 is 4.74 Å². The third kappa shape index (κ3) is 3.85. The van der Waals surface area contributed by atoms with E-state index in [0.29, 0.717) is 5.56 Å². The summed E-state index contributed by atoms with van der Waals surface area (Å²) in [7, 11) is 0. The van der Waals surface area contributed by atoms with Crippen LogP contribution in [0.15, 0.2) is 46.9 Å². The topological polar surface area (TPSA) is 188 Å². The van der Waals surface area contributed by atoms with E-state index in [1.165, 1.54) is 36.4 Å². The van der Waals surface area contributed by atoms with Crippen molar-refractivity contribution < 1.29 is 54.4 Å². The van der Waals surface area contributed by atoms with Crippen LogP contribution in [0.1, 0.15) is 0 Å². The van der Waals surface area contributed by atoms with Crippen LogP contribution in [0, 0.1) is 0 Å². The van der Waals surface area contributed by atoms with Crippen LogP contribution in [0.5, 0.6) is 23.0 Å². The van der Waals surface area contributed by atoms with E-state index < -0.39 is 36.7 Å². The molecule has 1 fully saturated rings. The number of aromatic hydroxyl groups is 3. The summed E-state index contributed by atoms with van der Waals surface area (Å²) in [6.07, 6.45) is -9.20. The number of carbonyl (C=O) groups is 1. The highest BCUT2D eigenvalue weighted by Gasteiger charge is 2.48. The van der Waals surface area contributed by atoms with Gasteiger partial charge in [0.15, 0.2) is 6.10 Å². The lowest BCUT2D eigenvalue weighted by atomic mass is 9.99. The Morgan fingerprint density at radius 1 is 0.906 bits per heavy atom. The number of ether oxygens (including phenoxy) is 2. The van der Waals surface area contributed by atoms with Gasteiger partial charge in [-0.25, -0.2) is 9.21 Å². The highest BCUT2D eigenvalue weighted by molar-refractivity contribution is 5.88. The van der Waals surface area contributed by atoms with Crippen LogP contribution in [0.3, 0.4) is 0 Å². The molecule has 5 atom stereocenters. The quantitative estimate of drug-likeness (QED) is 0.280. The highest BCUT2D eigenvalue weighted by atomic mass is 16.7. The molecule has 1 aliphatic rings. The molecule has 1 aromatic heterocycles. The number of benzene rings is 2. The van der Waals surface area contributed by atoms with Gasteiger partial charge in [-0.2, -0.15) is 0 Å². The fourth-order valence-electron chi connectivity index (χ4n) is 3.36. The number of aliphatic hydroxyl groups excluding tert-OH is 3. The Labute approximate surface area is 179 Å². The lowest BCUT2D eigenvalue weighted by Gasteiger charge is -2.38. The molecule has 7 N–H and O–H groups in total. The van der Waals surface area contributed by atoms with Crippen LogP contribution >= 0.6 is 0 Å². The molecular weight excluding hydrogens is 428 g/mol. The van der Waals surface area contributed by atoms with E-state index in [0.717, 1.165) is 6.07 Å². The van der Waals surface area contributed by atoms with E-state index in [1.807, 2.05) is 0 Å². The van der Waals surface area contributed by atoms with Crippen molar-refractivity contribution in [2.45, 2.75) is 30.7 Å². The zero-order chi connectivity index (χ0) is 23.2. The number of carboxylic acids is 1. The van der Waals surface area contributed by atoms with Gasteiger partial charge < -0.3 is 45.2 Å². The third-order valence-corrected chi connectivity index (χ3v) is 5.00. The Morgan fingerprint density at radius 2 is 1.59 bits per heavy atom. The molecule has 0 bridgehead atoms. The molecule has 0 unspecified atom stereocenters. The summed E-state index contributed by atoms with van der Waals surface area (Å²) in [5.74, 6) is -2.33. The van der Waals surface area contributed by atoms with Gasteiger partial charge >= 0.3 is 17.3 Å². The average Bonchev–Trinajstić information content (AvgIpc) is 2.74. The van der Waals surface area contributed by atoms with E-state index in [-0.39, 0.29) is 39.7 Å². The number of phenols is 3.